The van der Waals surface area contributed by atoms with Crippen LogP contribution in [0.4, 0.5) is 5.82 Å². The molecule has 0 bridgehead atoms. The van der Waals surface area contributed by atoms with Crippen LogP contribution < -0.4 is 5.32 Å². The predicted octanol–water partition coefficient (Wildman–Crippen LogP) is 2.52. The minimum atomic E-state index is -0.939. The molecule has 1 heterocycles. The molecule has 0 spiro atoms. The maximum absolute atomic E-state index is 11.2. The van der Waals surface area contributed by atoms with Crippen molar-refractivity contribution in [2.24, 2.45) is 18.4 Å². The van der Waals surface area contributed by atoms with Crippen LogP contribution in [0.3, 0.4) is 0 Å². The van der Waals surface area contributed by atoms with E-state index in [1.807, 2.05) is 0 Å². The van der Waals surface area contributed by atoms with Crippen LogP contribution in [0.5, 0.6) is 0 Å². The molecule has 5 heteroatoms. The minimum absolute atomic E-state index is 0.0912. The fraction of sp³-hybridized carbons (Fsp3) is 0.692. The van der Waals surface area contributed by atoms with Crippen LogP contribution in [0.25, 0.3) is 0 Å². The summed E-state index contributed by atoms with van der Waals surface area (Å²) in [5, 5.41) is 16.6. The van der Waals surface area contributed by atoms with Gasteiger partial charge in [0.15, 0.2) is 0 Å². The third kappa shape index (κ3) is 2.83. The van der Waals surface area contributed by atoms with Crippen molar-refractivity contribution < 1.29 is 9.90 Å². The van der Waals surface area contributed by atoms with Crippen LogP contribution in [0.2, 0.25) is 0 Å². The summed E-state index contributed by atoms with van der Waals surface area (Å²) >= 11 is 0. The lowest BCUT2D eigenvalue weighted by atomic mass is 9.81. The van der Waals surface area contributed by atoms with Gasteiger partial charge in [-0.15, -0.1) is 0 Å². The fourth-order valence-electron chi connectivity index (χ4n) is 1.63. The lowest BCUT2D eigenvalue weighted by Crippen LogP contribution is -2.29. The first-order valence-corrected chi connectivity index (χ1v) is 6.17. The molecule has 5 nitrogen and oxygen atoms in total. The number of nitrogens with zero attached hydrogens (tertiary/aromatic N) is 2. The van der Waals surface area contributed by atoms with Crippen LogP contribution in [0.1, 0.15) is 43.7 Å². The van der Waals surface area contributed by atoms with Crippen LogP contribution in [-0.2, 0) is 7.05 Å². The Morgan fingerprint density at radius 3 is 2.50 bits per heavy atom. The lowest BCUT2D eigenvalue weighted by molar-refractivity contribution is 0.0697. The number of anilines is 1. The molecule has 0 radical (unpaired) electrons. The summed E-state index contributed by atoms with van der Waals surface area (Å²) in [6, 6.07) is 0. The third-order valence-corrected chi connectivity index (χ3v) is 3.71. The van der Waals surface area contributed by atoms with E-state index in [0.717, 1.165) is 0 Å². The Kier molecular flexibility index (Phi) is 4.04. The summed E-state index contributed by atoms with van der Waals surface area (Å²) in [6.07, 6.45) is 0. The number of carbonyl (C=O) groups is 1. The number of aromatic carboxylic acids is 1. The van der Waals surface area contributed by atoms with Crippen molar-refractivity contribution in [3.05, 3.63) is 11.3 Å². The highest BCUT2D eigenvalue weighted by atomic mass is 16.4. The molecular formula is C13H23N3O2. The highest BCUT2D eigenvalue weighted by Crippen LogP contribution is 2.27. The molecule has 0 unspecified atom stereocenters. The zero-order valence-corrected chi connectivity index (χ0v) is 12.0. The molecule has 0 saturated carbocycles. The van der Waals surface area contributed by atoms with Gasteiger partial charge < -0.3 is 10.4 Å². The SMILES string of the molecule is Cc1nn(C)c(NCC(C)(C)C(C)C)c1C(=O)O. The molecule has 0 atom stereocenters. The molecule has 102 valence electrons. The van der Waals surface area contributed by atoms with Crippen molar-refractivity contribution in [1.82, 2.24) is 9.78 Å². The third-order valence-electron chi connectivity index (χ3n) is 3.71. The zero-order chi connectivity index (χ0) is 14.1. The fourth-order valence-corrected chi connectivity index (χ4v) is 1.63. The number of aromatic nitrogens is 2. The van der Waals surface area contributed by atoms with Gasteiger partial charge in [0, 0.05) is 13.6 Å². The second-order valence-electron chi connectivity index (χ2n) is 5.73. The molecule has 0 aromatic carbocycles. The summed E-state index contributed by atoms with van der Waals surface area (Å²) < 4.78 is 1.59. The number of hydrogen-bond acceptors (Lipinski definition) is 3. The van der Waals surface area contributed by atoms with E-state index < -0.39 is 5.97 Å². The first kappa shape index (κ1) is 14.5. The number of carboxylic acids is 1. The first-order chi connectivity index (χ1) is 8.16. The summed E-state index contributed by atoms with van der Waals surface area (Å²) in [4.78, 5) is 11.2. The zero-order valence-electron chi connectivity index (χ0n) is 12.0. The Balaban J connectivity index is 2.95. The predicted molar refractivity (Wildman–Crippen MR) is 72.0 cm³/mol. The van der Waals surface area contributed by atoms with Gasteiger partial charge in [0.1, 0.15) is 11.4 Å². The monoisotopic (exact) mass is 253 g/mol. The molecule has 0 fully saturated rings. The molecule has 1 aromatic rings. The van der Waals surface area contributed by atoms with E-state index in [9.17, 15) is 9.90 Å². The van der Waals surface area contributed by atoms with Crippen molar-refractivity contribution in [2.75, 3.05) is 11.9 Å². The van der Waals surface area contributed by atoms with Gasteiger partial charge in [-0.05, 0) is 18.3 Å². The van der Waals surface area contributed by atoms with Gasteiger partial charge >= 0.3 is 5.97 Å². The van der Waals surface area contributed by atoms with Crippen molar-refractivity contribution in [3.8, 4) is 0 Å². The number of aryl methyl sites for hydroxylation is 2. The van der Waals surface area contributed by atoms with Crippen molar-refractivity contribution in [2.45, 2.75) is 34.6 Å². The smallest absolute Gasteiger partial charge is 0.341 e. The highest BCUT2D eigenvalue weighted by molar-refractivity contribution is 5.94. The molecule has 2 N–H and O–H groups in total. The van der Waals surface area contributed by atoms with Crippen molar-refractivity contribution >= 4 is 11.8 Å². The van der Waals surface area contributed by atoms with Gasteiger partial charge in [-0.2, -0.15) is 5.10 Å². The molecular weight excluding hydrogens is 230 g/mol. The van der Waals surface area contributed by atoms with Crippen molar-refractivity contribution in [3.63, 3.8) is 0 Å². The average molecular weight is 253 g/mol. The highest BCUT2D eigenvalue weighted by Gasteiger charge is 2.25. The molecule has 0 aliphatic carbocycles. The number of hydrogen-bond donors (Lipinski definition) is 2. The maximum Gasteiger partial charge on any atom is 0.341 e. The van der Waals surface area contributed by atoms with Gasteiger partial charge in [-0.1, -0.05) is 27.7 Å². The van der Waals surface area contributed by atoms with E-state index in [4.69, 9.17) is 0 Å². The second-order valence-corrected chi connectivity index (χ2v) is 5.73. The Morgan fingerprint density at radius 2 is 2.06 bits per heavy atom. The quantitative estimate of drug-likeness (QED) is 0.846. The van der Waals surface area contributed by atoms with E-state index in [1.54, 1.807) is 18.7 Å². The Hall–Kier alpha value is -1.52. The van der Waals surface area contributed by atoms with E-state index in [-0.39, 0.29) is 11.0 Å². The first-order valence-electron chi connectivity index (χ1n) is 6.17. The molecule has 18 heavy (non-hydrogen) atoms. The standard InChI is InChI=1S/C13H23N3O2/c1-8(2)13(4,5)7-14-11-10(12(17)18)9(3)15-16(11)6/h8,14H,7H2,1-6H3,(H,17,18). The van der Waals surface area contributed by atoms with Crippen LogP contribution in [-0.4, -0.2) is 27.4 Å². The summed E-state index contributed by atoms with van der Waals surface area (Å²) in [6.45, 7) is 11.1. The molecule has 0 saturated heterocycles. The topological polar surface area (TPSA) is 67.2 Å². The second kappa shape index (κ2) is 5.00. The van der Waals surface area contributed by atoms with Crippen LogP contribution >= 0.6 is 0 Å². The van der Waals surface area contributed by atoms with Gasteiger partial charge in [0.25, 0.3) is 0 Å². The molecule has 1 aromatic heterocycles. The van der Waals surface area contributed by atoms with Crippen LogP contribution in [0, 0.1) is 18.3 Å². The van der Waals surface area contributed by atoms with Crippen molar-refractivity contribution in [1.29, 1.82) is 0 Å². The van der Waals surface area contributed by atoms with E-state index in [0.29, 0.717) is 24.0 Å². The minimum Gasteiger partial charge on any atom is -0.477 e. The van der Waals surface area contributed by atoms with E-state index in [1.165, 1.54) is 0 Å². The van der Waals surface area contributed by atoms with Gasteiger partial charge in [0.05, 0.1) is 5.69 Å². The summed E-state index contributed by atoms with van der Waals surface area (Å²) in [5.74, 6) is 0.145. The van der Waals surface area contributed by atoms with Gasteiger partial charge in [-0.25, -0.2) is 4.79 Å². The molecule has 0 aliphatic heterocycles. The molecule has 0 amide bonds. The number of rotatable bonds is 5. The van der Waals surface area contributed by atoms with Gasteiger partial charge in [0.2, 0.25) is 0 Å². The van der Waals surface area contributed by atoms with E-state index >= 15 is 0 Å². The normalized spacial score (nSPS) is 11.9. The lowest BCUT2D eigenvalue weighted by Gasteiger charge is -2.29. The summed E-state index contributed by atoms with van der Waals surface area (Å²) in [5.41, 5.74) is 0.889. The number of carboxylic acid groups (broad SMARTS) is 1. The van der Waals surface area contributed by atoms with Crippen LogP contribution in [0.15, 0.2) is 0 Å². The maximum atomic E-state index is 11.2. The Bertz CT molecular complexity index is 447. The van der Waals surface area contributed by atoms with E-state index in [2.05, 4.69) is 38.1 Å². The number of nitrogens with one attached hydrogen (secondary N) is 1. The largest absolute Gasteiger partial charge is 0.477 e. The van der Waals surface area contributed by atoms with Gasteiger partial charge in [-0.3, -0.25) is 4.68 Å². The molecule has 0 aliphatic rings. The average Bonchev–Trinajstić information content (AvgIpc) is 2.50. The Labute approximate surface area is 108 Å². The molecule has 1 rings (SSSR count). The summed E-state index contributed by atoms with van der Waals surface area (Å²) in [7, 11) is 1.75. The Morgan fingerprint density at radius 1 is 1.50 bits per heavy atom.